The van der Waals surface area contributed by atoms with Gasteiger partial charge in [0.25, 0.3) is 0 Å². The summed E-state index contributed by atoms with van der Waals surface area (Å²) in [5.41, 5.74) is 2.38. The van der Waals surface area contributed by atoms with E-state index in [-0.39, 0.29) is 0 Å². The van der Waals surface area contributed by atoms with Crippen LogP contribution in [0.3, 0.4) is 0 Å². The fraction of sp³-hybridized carbons (Fsp3) is 0.308. The summed E-state index contributed by atoms with van der Waals surface area (Å²) in [6.45, 7) is 2.17. The fourth-order valence-corrected chi connectivity index (χ4v) is 2.76. The molecule has 0 radical (unpaired) electrons. The zero-order valence-corrected chi connectivity index (χ0v) is 10.3. The Bertz CT molecular complexity index is 475. The van der Waals surface area contributed by atoms with E-state index in [2.05, 4.69) is 39.9 Å². The van der Waals surface area contributed by atoms with Crippen molar-refractivity contribution in [3.05, 3.63) is 35.8 Å². The molecule has 1 saturated heterocycles. The van der Waals surface area contributed by atoms with Crippen LogP contribution in [0.5, 0.6) is 0 Å². The van der Waals surface area contributed by atoms with E-state index < -0.39 is 0 Å². The third-order valence-corrected chi connectivity index (χ3v) is 3.80. The summed E-state index contributed by atoms with van der Waals surface area (Å²) in [6.07, 6.45) is 3.04. The number of nitrogens with zero attached hydrogens (tertiary/aromatic N) is 1. The summed E-state index contributed by atoms with van der Waals surface area (Å²) in [5, 5.41) is 10.0. The highest BCUT2D eigenvalue weighted by Crippen LogP contribution is 2.24. The highest BCUT2D eigenvalue weighted by atomic mass is 32.1. The SMILES string of the molecule is c1cc(NC2CCNC2)cc(-c2nccs2)c1. The minimum Gasteiger partial charge on any atom is -0.381 e. The molecule has 1 aliphatic rings. The average molecular weight is 245 g/mol. The van der Waals surface area contributed by atoms with Crippen molar-refractivity contribution in [3.8, 4) is 10.6 Å². The van der Waals surface area contributed by atoms with Gasteiger partial charge in [-0.25, -0.2) is 4.98 Å². The van der Waals surface area contributed by atoms with E-state index in [1.165, 1.54) is 17.7 Å². The molecule has 0 aliphatic carbocycles. The maximum atomic E-state index is 4.34. The Kier molecular flexibility index (Phi) is 3.07. The number of hydrogen-bond acceptors (Lipinski definition) is 4. The monoisotopic (exact) mass is 245 g/mol. The molecule has 0 amide bonds. The first-order chi connectivity index (χ1) is 8.42. The topological polar surface area (TPSA) is 37.0 Å². The standard InChI is InChI=1S/C13H15N3S/c1-2-10(13-15-6-7-17-13)8-11(3-1)16-12-4-5-14-9-12/h1-3,6-8,12,14,16H,4-5,9H2. The molecule has 0 spiro atoms. The van der Waals surface area contributed by atoms with Crippen molar-refractivity contribution in [2.75, 3.05) is 18.4 Å². The van der Waals surface area contributed by atoms with Gasteiger partial charge in [-0.2, -0.15) is 0 Å². The summed E-state index contributed by atoms with van der Waals surface area (Å²) in [4.78, 5) is 4.34. The second kappa shape index (κ2) is 4.85. The van der Waals surface area contributed by atoms with Gasteiger partial charge < -0.3 is 10.6 Å². The zero-order chi connectivity index (χ0) is 11.5. The largest absolute Gasteiger partial charge is 0.381 e. The summed E-state index contributed by atoms with van der Waals surface area (Å²) < 4.78 is 0. The molecule has 2 N–H and O–H groups in total. The smallest absolute Gasteiger partial charge is 0.123 e. The molecule has 1 atom stereocenters. The lowest BCUT2D eigenvalue weighted by molar-refractivity contribution is 0.793. The van der Waals surface area contributed by atoms with Gasteiger partial charge in [0.15, 0.2) is 0 Å². The number of aromatic nitrogens is 1. The van der Waals surface area contributed by atoms with Crippen LogP contribution < -0.4 is 10.6 Å². The Hall–Kier alpha value is -1.39. The second-order valence-corrected chi connectivity index (χ2v) is 5.15. The van der Waals surface area contributed by atoms with E-state index in [4.69, 9.17) is 0 Å². The van der Waals surface area contributed by atoms with Crippen molar-refractivity contribution in [1.29, 1.82) is 0 Å². The van der Waals surface area contributed by atoms with E-state index >= 15 is 0 Å². The third-order valence-electron chi connectivity index (χ3n) is 2.97. The van der Waals surface area contributed by atoms with Gasteiger partial charge >= 0.3 is 0 Å². The van der Waals surface area contributed by atoms with E-state index in [1.807, 2.05) is 11.6 Å². The first-order valence-corrected chi connectivity index (χ1v) is 6.77. The highest BCUT2D eigenvalue weighted by molar-refractivity contribution is 7.13. The van der Waals surface area contributed by atoms with E-state index in [1.54, 1.807) is 11.3 Å². The molecule has 0 saturated carbocycles. The van der Waals surface area contributed by atoms with Crippen LogP contribution in [0.1, 0.15) is 6.42 Å². The Balaban J connectivity index is 1.79. The number of rotatable bonds is 3. The van der Waals surface area contributed by atoms with Crippen molar-refractivity contribution in [1.82, 2.24) is 10.3 Å². The normalized spacial score (nSPS) is 19.4. The van der Waals surface area contributed by atoms with E-state index in [0.717, 1.165) is 18.1 Å². The van der Waals surface area contributed by atoms with Gasteiger partial charge in [0.1, 0.15) is 5.01 Å². The molecule has 1 aliphatic heterocycles. The van der Waals surface area contributed by atoms with Crippen LogP contribution in [-0.2, 0) is 0 Å². The second-order valence-electron chi connectivity index (χ2n) is 4.25. The molecule has 2 heterocycles. The highest BCUT2D eigenvalue weighted by Gasteiger charge is 2.13. The Labute approximate surface area is 105 Å². The molecular formula is C13H15N3S. The minimum absolute atomic E-state index is 0.557. The maximum Gasteiger partial charge on any atom is 0.123 e. The van der Waals surface area contributed by atoms with Crippen molar-refractivity contribution in [2.45, 2.75) is 12.5 Å². The van der Waals surface area contributed by atoms with Crippen molar-refractivity contribution in [3.63, 3.8) is 0 Å². The molecular weight excluding hydrogens is 230 g/mol. The number of hydrogen-bond donors (Lipinski definition) is 2. The van der Waals surface area contributed by atoms with Gasteiger partial charge in [-0.05, 0) is 25.1 Å². The molecule has 17 heavy (non-hydrogen) atoms. The van der Waals surface area contributed by atoms with Crippen LogP contribution in [-0.4, -0.2) is 24.1 Å². The average Bonchev–Trinajstić information content (AvgIpc) is 3.01. The Morgan fingerprint density at radius 1 is 1.41 bits per heavy atom. The zero-order valence-electron chi connectivity index (χ0n) is 9.52. The van der Waals surface area contributed by atoms with Crippen LogP contribution in [0, 0.1) is 0 Å². The molecule has 3 nitrogen and oxygen atoms in total. The predicted octanol–water partition coefficient (Wildman–Crippen LogP) is 2.58. The minimum atomic E-state index is 0.557. The molecule has 1 aromatic heterocycles. The van der Waals surface area contributed by atoms with E-state index in [0.29, 0.717) is 6.04 Å². The van der Waals surface area contributed by atoms with Crippen molar-refractivity contribution < 1.29 is 0 Å². The van der Waals surface area contributed by atoms with Gasteiger partial charge in [0.05, 0.1) is 0 Å². The third kappa shape index (κ3) is 2.48. The van der Waals surface area contributed by atoms with Gasteiger partial charge in [-0.3, -0.25) is 0 Å². The van der Waals surface area contributed by atoms with Crippen LogP contribution >= 0.6 is 11.3 Å². The van der Waals surface area contributed by atoms with Crippen molar-refractivity contribution >= 4 is 17.0 Å². The molecule has 1 fully saturated rings. The van der Waals surface area contributed by atoms with Gasteiger partial charge in [0.2, 0.25) is 0 Å². The van der Waals surface area contributed by atoms with Crippen LogP contribution in [0.15, 0.2) is 35.8 Å². The number of thiazole rings is 1. The van der Waals surface area contributed by atoms with Crippen LogP contribution in [0.4, 0.5) is 5.69 Å². The summed E-state index contributed by atoms with van der Waals surface area (Å²) in [7, 11) is 0. The van der Waals surface area contributed by atoms with Crippen LogP contribution in [0.25, 0.3) is 10.6 Å². The number of nitrogens with one attached hydrogen (secondary N) is 2. The Morgan fingerprint density at radius 2 is 2.41 bits per heavy atom. The molecule has 3 rings (SSSR count). The lowest BCUT2D eigenvalue weighted by Crippen LogP contribution is -2.21. The van der Waals surface area contributed by atoms with Crippen molar-refractivity contribution in [2.24, 2.45) is 0 Å². The van der Waals surface area contributed by atoms with Crippen LogP contribution in [0.2, 0.25) is 0 Å². The molecule has 2 aromatic rings. The molecule has 88 valence electrons. The first-order valence-electron chi connectivity index (χ1n) is 5.89. The maximum absolute atomic E-state index is 4.34. The van der Waals surface area contributed by atoms with Gasteiger partial charge in [-0.1, -0.05) is 12.1 Å². The summed E-state index contributed by atoms with van der Waals surface area (Å²) in [6, 6.07) is 9.05. The lowest BCUT2D eigenvalue weighted by Gasteiger charge is -2.13. The summed E-state index contributed by atoms with van der Waals surface area (Å²) in [5.74, 6) is 0. The number of benzene rings is 1. The van der Waals surface area contributed by atoms with Gasteiger partial charge in [-0.15, -0.1) is 11.3 Å². The first kappa shape index (κ1) is 10.7. The Morgan fingerprint density at radius 3 is 3.18 bits per heavy atom. The van der Waals surface area contributed by atoms with E-state index in [9.17, 15) is 0 Å². The van der Waals surface area contributed by atoms with Gasteiger partial charge in [0, 0.05) is 35.4 Å². The molecule has 1 unspecified atom stereocenters. The lowest BCUT2D eigenvalue weighted by atomic mass is 10.2. The predicted molar refractivity (Wildman–Crippen MR) is 72.4 cm³/mol. The number of anilines is 1. The molecule has 1 aromatic carbocycles. The fourth-order valence-electron chi connectivity index (χ4n) is 2.12. The summed E-state index contributed by atoms with van der Waals surface area (Å²) >= 11 is 1.68. The molecule has 4 heteroatoms. The molecule has 0 bridgehead atoms. The quantitative estimate of drug-likeness (QED) is 0.872.